The number of hydrogen-bond donors (Lipinski definition) is 9. The number of amides is 2. The first-order valence-electron chi connectivity index (χ1n) is 24.1. The van der Waals surface area contributed by atoms with Gasteiger partial charge in [0.05, 0.1) is 40.3 Å². The summed E-state index contributed by atoms with van der Waals surface area (Å²) in [5.41, 5.74) is 8.33. The Morgan fingerprint density at radius 3 is 2.32 bits per heavy atom. The number of hydrogen-bond acceptors (Lipinski definition) is 20. The molecule has 2 aromatic heterocycles. The second-order valence-electron chi connectivity index (χ2n) is 19.2. The summed E-state index contributed by atoms with van der Waals surface area (Å²) in [6, 6.07) is 7.52. The van der Waals surface area contributed by atoms with Crippen LogP contribution in [0.2, 0.25) is 0 Å². The third-order valence-corrected chi connectivity index (χ3v) is 19.9. The van der Waals surface area contributed by atoms with E-state index in [1.165, 1.54) is 35.2 Å². The number of allylic oxidation sites excluding steroid dienone is 4. The van der Waals surface area contributed by atoms with E-state index >= 15 is 0 Å². The molecule has 4 aromatic rings. The number of aliphatic hydroxyl groups is 1. The van der Waals surface area contributed by atoms with Gasteiger partial charge in [-0.15, -0.1) is 0 Å². The Morgan fingerprint density at radius 1 is 0.937 bits per heavy atom. The summed E-state index contributed by atoms with van der Waals surface area (Å²) in [6.07, 6.45) is 5.32. The number of aromatic nitrogens is 4. The van der Waals surface area contributed by atoms with E-state index in [4.69, 9.17) is 24.8 Å². The maximum atomic E-state index is 13.2. The molecular formula is C45H56N9O20P3S2. The molecule has 1 fully saturated rings. The zero-order valence-corrected chi connectivity index (χ0v) is 46.6. The molecule has 0 radical (unpaired) electrons. The average molecular weight is 1200 g/mol. The largest absolute Gasteiger partial charge is 0.744 e. The predicted octanol–water partition coefficient (Wildman–Crippen LogP) is 3.46. The van der Waals surface area contributed by atoms with Gasteiger partial charge in [-0.3, -0.25) is 13.9 Å². The van der Waals surface area contributed by atoms with Crippen LogP contribution in [0.5, 0.6) is 0 Å². The number of alkyl carbamates (subject to hydrolysis) is 1. The van der Waals surface area contributed by atoms with Crippen molar-refractivity contribution in [1.29, 1.82) is 0 Å². The summed E-state index contributed by atoms with van der Waals surface area (Å²) in [4.78, 5) is 76.9. The lowest BCUT2D eigenvalue weighted by Gasteiger charge is -2.40. The lowest BCUT2D eigenvalue weighted by molar-refractivity contribution is -0.438. The van der Waals surface area contributed by atoms with E-state index < -0.39 is 96.3 Å². The topological polar surface area (TPSA) is 435 Å². The highest BCUT2D eigenvalue weighted by atomic mass is 32.2. The molecular weight excluding hydrogens is 1140 g/mol. The molecule has 1 saturated carbocycles. The lowest BCUT2D eigenvalue weighted by Crippen LogP contribution is -2.43. The van der Waals surface area contributed by atoms with Gasteiger partial charge in [0.25, 0.3) is 10.1 Å². The number of imidazole rings is 1. The van der Waals surface area contributed by atoms with Crippen LogP contribution in [0.1, 0.15) is 70.0 Å². The molecule has 0 spiro atoms. The van der Waals surface area contributed by atoms with E-state index in [2.05, 4.69) is 40.8 Å². The summed E-state index contributed by atoms with van der Waals surface area (Å²) in [7, 11) is -26.6. The Kier molecular flexibility index (Phi) is 16.6. The molecule has 8 rings (SSSR count). The van der Waals surface area contributed by atoms with E-state index in [9.17, 15) is 64.1 Å². The molecule has 2 aliphatic heterocycles. The van der Waals surface area contributed by atoms with Crippen molar-refractivity contribution in [2.45, 2.75) is 91.7 Å². The normalized spacial score (nSPS) is 25.5. The number of rotatable bonds is 21. The van der Waals surface area contributed by atoms with Crippen molar-refractivity contribution in [2.24, 2.45) is 5.92 Å². The molecule has 2 aliphatic carbocycles. The van der Waals surface area contributed by atoms with Gasteiger partial charge in [-0.05, 0) is 87.6 Å². The standard InChI is InChI=1S/C45H56N9O20P3S2/c1-5-52-32-15-13-28(78(65,66)67)21-30(32)44(3)26(2)45(4)31-22-29(79(68,69)70)14-16-33(31)53(36(45)11-9-10-35(44)52)19-8-6-7-12-37(55)47-17-18-48-43(57)72-40-34(54-25-51-38-41(46)49-24-50-42(38)54)20-27(39(40)56)23-71-76(61,62)74-77(63,64)73-75(58,59)60/h9-11,13-16,21-22,24-25,27,34,39-40,56H,2,5-8,12,17-20,23H2,1,3-4H3,(H9-,46,47,48,49,50,55,57,58,59,60,61,62,63,64,65,66,67,68,69,70)/t27-,34-,39-,40+,44?,45?/m1/s1. The van der Waals surface area contributed by atoms with Crippen molar-refractivity contribution in [1.82, 2.24) is 30.2 Å². The summed E-state index contributed by atoms with van der Waals surface area (Å²) < 4.78 is 129. The monoisotopic (exact) mass is 1200 g/mol. The first-order chi connectivity index (χ1) is 36.8. The average Bonchev–Trinajstić information content (AvgIpc) is 2.88. The Hall–Kier alpha value is -5.59. The Labute approximate surface area is 451 Å². The number of nitrogen functional groups attached to an aromatic ring is 1. The van der Waals surface area contributed by atoms with E-state index in [0.29, 0.717) is 66.1 Å². The van der Waals surface area contributed by atoms with Gasteiger partial charge in [-0.1, -0.05) is 12.7 Å². The van der Waals surface area contributed by atoms with Gasteiger partial charge in [0, 0.05) is 67.5 Å². The first kappa shape index (κ1) is 59.5. The molecule has 428 valence electrons. The highest BCUT2D eigenvalue weighted by molar-refractivity contribution is 7.86. The Morgan fingerprint density at radius 2 is 1.63 bits per heavy atom. The number of likely N-dealkylation sites (N-methyl/N-ethyl adjacent to an activating group) is 1. The minimum absolute atomic E-state index is 0.00508. The van der Waals surface area contributed by atoms with Crippen molar-refractivity contribution in [3.63, 3.8) is 0 Å². The number of nitrogens with zero attached hydrogens (tertiary/aromatic N) is 6. The second-order valence-corrected chi connectivity index (χ2v) is 26.4. The molecule has 4 unspecified atom stereocenters. The zero-order valence-electron chi connectivity index (χ0n) is 42.3. The molecule has 0 saturated heterocycles. The minimum Gasteiger partial charge on any atom is -0.744 e. The van der Waals surface area contributed by atoms with Gasteiger partial charge < -0.3 is 59.8 Å². The van der Waals surface area contributed by atoms with E-state index in [0.717, 1.165) is 12.0 Å². The highest BCUT2D eigenvalue weighted by Crippen LogP contribution is 2.66. The van der Waals surface area contributed by atoms with Gasteiger partial charge in [-0.25, -0.2) is 41.9 Å². The second kappa shape index (κ2) is 22.0. The minimum atomic E-state index is -5.85. The van der Waals surface area contributed by atoms with Crippen LogP contribution in [0.15, 0.2) is 94.9 Å². The van der Waals surface area contributed by atoms with Gasteiger partial charge in [0.15, 0.2) is 23.3 Å². The van der Waals surface area contributed by atoms with Crippen LogP contribution in [-0.2, 0) is 67.4 Å². The molecule has 2 amide bonds. The fraction of sp³-hybridized carbons (Fsp3) is 0.422. The third kappa shape index (κ3) is 12.1. The van der Waals surface area contributed by atoms with Crippen molar-refractivity contribution in [3.05, 3.63) is 96.3 Å². The highest BCUT2D eigenvalue weighted by Gasteiger charge is 2.59. The maximum Gasteiger partial charge on any atom is 0.490 e. The molecule has 2 aromatic carbocycles. The number of carbonyl (C=O) groups excluding carboxylic acids is 2. The summed E-state index contributed by atoms with van der Waals surface area (Å²) >= 11 is 0. The Balaban J connectivity index is 0.889. The number of anilines is 2. The van der Waals surface area contributed by atoms with Crippen LogP contribution in [0.3, 0.4) is 0 Å². The molecule has 4 aliphatic rings. The number of nitrogens with one attached hydrogen (secondary N) is 2. The van der Waals surface area contributed by atoms with Crippen molar-refractivity contribution >= 4 is 89.8 Å². The molecule has 8 atom stereocenters. The number of nitrogens with two attached hydrogens (primary N) is 1. The van der Waals surface area contributed by atoms with Crippen molar-refractivity contribution in [2.75, 3.05) is 43.4 Å². The number of phosphoric ester groups is 1. The summed E-state index contributed by atoms with van der Waals surface area (Å²) in [6.45, 7) is 10.1. The van der Waals surface area contributed by atoms with E-state index in [1.807, 2.05) is 48.5 Å². The zero-order chi connectivity index (χ0) is 57.8. The number of benzene rings is 2. The number of aliphatic hydroxyl groups excluding tert-OH is 1. The SMILES string of the molecule is C=C1C2(C)C(=[N+](CCCCCC(=O)NCCNC(=O)O[C@@H]3[C@H](O)[C@@H](COP(=O)(O)OP(=O)(O)OP(=O)(O)O)C[C@H]3n3cnc4c(N)ncnc43)c3ccc(S(=O)(=O)O)cc32)/C=C/C=C2/N(CC)c3ccc(S(=O)(=O)[O-])cc3C12C. The van der Waals surface area contributed by atoms with Crippen LogP contribution in [0.25, 0.3) is 11.2 Å². The first-order valence-corrected chi connectivity index (χ1v) is 31.5. The van der Waals surface area contributed by atoms with Crippen molar-refractivity contribution < 1.29 is 96.4 Å². The quantitative estimate of drug-likeness (QED) is 0.0190. The Bertz CT molecular complexity index is 3630. The summed E-state index contributed by atoms with van der Waals surface area (Å²) in [5.74, 6) is -1.53. The molecule has 29 nitrogen and oxygen atoms in total. The van der Waals surface area contributed by atoms with Gasteiger partial charge in [0.2, 0.25) is 11.6 Å². The van der Waals surface area contributed by atoms with Crippen LogP contribution >= 0.6 is 23.5 Å². The maximum absolute atomic E-state index is 13.2. The van der Waals surface area contributed by atoms with Gasteiger partial charge in [-0.2, -0.15) is 21.6 Å². The smallest absolute Gasteiger partial charge is 0.490 e. The van der Waals surface area contributed by atoms with Crippen LogP contribution in [-0.4, -0.2) is 137 Å². The molecule has 34 heteroatoms. The molecule has 79 heavy (non-hydrogen) atoms. The van der Waals surface area contributed by atoms with Crippen LogP contribution in [0.4, 0.5) is 22.0 Å². The fourth-order valence-electron chi connectivity index (χ4n) is 10.8. The van der Waals surface area contributed by atoms with Gasteiger partial charge in [0.1, 0.15) is 33.9 Å². The number of carbonyl (C=O) groups is 2. The number of fused-ring (bicyclic) bond motifs is 7. The predicted molar refractivity (Wildman–Crippen MR) is 277 cm³/mol. The fourth-order valence-corrected chi connectivity index (χ4v) is 14.9. The number of ether oxygens (including phenoxy) is 1. The number of phosphoric acid groups is 3. The molecule has 10 N–H and O–H groups in total. The molecule has 0 bridgehead atoms. The molecule has 4 heterocycles. The lowest BCUT2D eigenvalue weighted by atomic mass is 9.60. The van der Waals surface area contributed by atoms with Crippen LogP contribution < -0.4 is 21.3 Å². The van der Waals surface area contributed by atoms with E-state index in [1.54, 1.807) is 12.1 Å². The van der Waals surface area contributed by atoms with Gasteiger partial charge >= 0.3 is 29.6 Å². The van der Waals surface area contributed by atoms with Crippen LogP contribution in [0, 0.1) is 5.92 Å². The van der Waals surface area contributed by atoms with E-state index in [-0.39, 0.29) is 53.7 Å². The number of unbranched alkanes of at least 4 members (excludes halogenated alkanes) is 2. The van der Waals surface area contributed by atoms with Crippen molar-refractivity contribution in [3.8, 4) is 0 Å². The summed E-state index contributed by atoms with van der Waals surface area (Å²) in [5, 5.41) is 16.5. The third-order valence-electron chi connectivity index (χ3n) is 14.4.